The van der Waals surface area contributed by atoms with Gasteiger partial charge in [0.15, 0.2) is 5.78 Å². The first-order chi connectivity index (χ1) is 10.9. The van der Waals surface area contributed by atoms with Crippen molar-refractivity contribution in [2.75, 3.05) is 0 Å². The number of Topliss-reactive ketones (excluding diaryl/α,β-unsaturated/α-hetero) is 1. The van der Waals surface area contributed by atoms with E-state index in [0.717, 1.165) is 25.7 Å². The van der Waals surface area contributed by atoms with Crippen molar-refractivity contribution in [3.8, 4) is 0 Å². The van der Waals surface area contributed by atoms with Crippen molar-refractivity contribution in [2.24, 2.45) is 40.4 Å². The molecule has 24 heavy (non-hydrogen) atoms. The van der Waals surface area contributed by atoms with Crippen molar-refractivity contribution in [3.05, 3.63) is 11.6 Å². The molecular weight excluding hydrogens is 371 g/mol. The van der Waals surface area contributed by atoms with Gasteiger partial charge in [0, 0.05) is 23.7 Å². The molecule has 132 valence electrons. The maximum Gasteiger partial charge on any atom is 0.155 e. The van der Waals surface area contributed by atoms with Gasteiger partial charge in [0.25, 0.3) is 0 Å². The van der Waals surface area contributed by atoms with E-state index in [1.165, 1.54) is 5.57 Å². The fourth-order valence-electron chi connectivity index (χ4n) is 7.29. The Kier molecular flexibility index (Phi) is 3.54. The molecule has 0 amide bonds. The van der Waals surface area contributed by atoms with E-state index in [1.54, 1.807) is 0 Å². The van der Waals surface area contributed by atoms with Gasteiger partial charge in [-0.25, -0.2) is 4.39 Å². The molecule has 0 aliphatic heterocycles. The van der Waals surface area contributed by atoms with Crippen LogP contribution in [0, 0.1) is 40.4 Å². The average Bonchev–Trinajstić information content (AvgIpc) is 3.22. The van der Waals surface area contributed by atoms with Crippen LogP contribution >= 0.6 is 17.0 Å². The third-order valence-corrected chi connectivity index (χ3v) is 8.31. The lowest BCUT2D eigenvalue weighted by Crippen LogP contribution is -2.56. The van der Waals surface area contributed by atoms with E-state index in [2.05, 4.69) is 6.92 Å². The minimum atomic E-state index is -0.899. The Hall–Kier alpha value is -0.510. The maximum absolute atomic E-state index is 15.4. The highest BCUT2D eigenvalue weighted by Gasteiger charge is 2.72. The van der Waals surface area contributed by atoms with E-state index in [1.807, 2.05) is 13.0 Å². The van der Waals surface area contributed by atoms with Crippen LogP contribution in [0.4, 0.5) is 4.39 Å². The molecule has 0 radical (unpaired) electrons. The summed E-state index contributed by atoms with van der Waals surface area (Å²) < 4.78 is 15.4. The van der Waals surface area contributed by atoms with Gasteiger partial charge in [-0.2, -0.15) is 0 Å². The van der Waals surface area contributed by atoms with Crippen molar-refractivity contribution in [1.29, 1.82) is 0 Å². The van der Waals surface area contributed by atoms with E-state index in [9.17, 15) is 9.59 Å². The number of carbonyl (C=O) groups is 2. The Balaban J connectivity index is 0.00000146. The number of hydrogen-bond donors (Lipinski definition) is 0. The third kappa shape index (κ3) is 1.87. The zero-order chi connectivity index (χ0) is 16.1. The fourth-order valence-corrected chi connectivity index (χ4v) is 7.29. The van der Waals surface area contributed by atoms with Crippen LogP contribution in [0.1, 0.15) is 52.4 Å². The maximum atomic E-state index is 15.4. The van der Waals surface area contributed by atoms with Crippen molar-refractivity contribution in [2.45, 2.75) is 58.5 Å². The quantitative estimate of drug-likeness (QED) is 0.605. The van der Waals surface area contributed by atoms with Crippen molar-refractivity contribution in [3.63, 3.8) is 0 Å². The summed E-state index contributed by atoms with van der Waals surface area (Å²) in [6.07, 6.45) is 5.64. The zero-order valence-electron chi connectivity index (χ0n) is 14.4. The third-order valence-electron chi connectivity index (χ3n) is 8.31. The number of ketones is 2. The minimum absolute atomic E-state index is 0. The van der Waals surface area contributed by atoms with Gasteiger partial charge < -0.3 is 0 Å². The van der Waals surface area contributed by atoms with E-state index < -0.39 is 11.6 Å². The summed E-state index contributed by atoms with van der Waals surface area (Å²) in [5, 5.41) is 0. The molecular formula is C20H26BrFO2. The van der Waals surface area contributed by atoms with E-state index >= 15 is 4.39 Å². The van der Waals surface area contributed by atoms with Gasteiger partial charge in [-0.05, 0) is 61.3 Å². The average molecular weight is 397 g/mol. The topological polar surface area (TPSA) is 34.1 Å². The summed E-state index contributed by atoms with van der Waals surface area (Å²) in [5.74, 6) is 2.10. The smallest absolute Gasteiger partial charge is 0.155 e. The summed E-state index contributed by atoms with van der Waals surface area (Å²) in [4.78, 5) is 24.5. The van der Waals surface area contributed by atoms with Crippen LogP contribution in [0.5, 0.6) is 0 Å². The number of halogens is 2. The second-order valence-corrected chi connectivity index (χ2v) is 9.32. The number of alkyl halides is 1. The van der Waals surface area contributed by atoms with Crippen LogP contribution in [0.15, 0.2) is 11.6 Å². The van der Waals surface area contributed by atoms with Crippen LogP contribution in [-0.4, -0.2) is 17.7 Å². The van der Waals surface area contributed by atoms with Crippen LogP contribution in [0.2, 0.25) is 0 Å². The zero-order valence-corrected chi connectivity index (χ0v) is 16.1. The summed E-state index contributed by atoms with van der Waals surface area (Å²) in [5.41, 5.74) is 0.627. The van der Waals surface area contributed by atoms with Gasteiger partial charge in [-0.1, -0.05) is 19.4 Å². The largest absolute Gasteiger partial charge is 0.299 e. The standard InChI is InChI=1S/C20H25FO2.BrH/c1-19-6-5-11(22)7-10(19)3-4-12-16-13-8-14(13)18(23)20(16,2)9-15(21)17(12)19;/h7,12-17H,3-6,8-9H2,1-2H3;1H/t12?,13?,14?,15-,16?,17?,19-,20-;/m0./s1. The lowest BCUT2D eigenvalue weighted by atomic mass is 9.46. The van der Waals surface area contributed by atoms with Gasteiger partial charge in [-0.15, -0.1) is 17.0 Å². The monoisotopic (exact) mass is 396 g/mol. The molecule has 5 aliphatic rings. The van der Waals surface area contributed by atoms with Crippen molar-refractivity contribution >= 4 is 28.5 Å². The Morgan fingerprint density at radius 2 is 1.83 bits per heavy atom. The molecule has 5 unspecified atom stereocenters. The van der Waals surface area contributed by atoms with Gasteiger partial charge in [0.1, 0.15) is 12.0 Å². The molecule has 0 aromatic rings. The van der Waals surface area contributed by atoms with E-state index in [0.29, 0.717) is 36.4 Å². The van der Waals surface area contributed by atoms with Gasteiger partial charge in [0.05, 0.1) is 0 Å². The number of carbonyl (C=O) groups excluding carboxylic acids is 2. The van der Waals surface area contributed by atoms with Crippen LogP contribution in [-0.2, 0) is 9.59 Å². The first kappa shape index (κ1) is 16.9. The minimum Gasteiger partial charge on any atom is -0.299 e. The number of fused-ring (bicyclic) bond motifs is 7. The first-order valence-electron chi connectivity index (χ1n) is 9.28. The lowest BCUT2D eigenvalue weighted by molar-refractivity contribution is -0.143. The molecule has 4 saturated carbocycles. The van der Waals surface area contributed by atoms with Crippen molar-refractivity contribution in [1.82, 2.24) is 0 Å². The first-order valence-corrected chi connectivity index (χ1v) is 9.28. The molecule has 8 atom stereocenters. The molecule has 0 aromatic heterocycles. The number of allylic oxidation sites excluding steroid dienone is 1. The predicted octanol–water partition coefficient (Wildman–Crippen LogP) is 4.47. The normalized spacial score (nSPS) is 54.7. The Bertz CT molecular complexity index is 658. The summed E-state index contributed by atoms with van der Waals surface area (Å²) in [7, 11) is 0. The molecule has 0 bridgehead atoms. The second kappa shape index (κ2) is 5.02. The van der Waals surface area contributed by atoms with Crippen molar-refractivity contribution < 1.29 is 14.0 Å². The Labute approximate surface area is 153 Å². The Morgan fingerprint density at radius 3 is 2.58 bits per heavy atom. The van der Waals surface area contributed by atoms with Gasteiger partial charge in [0.2, 0.25) is 0 Å². The molecule has 4 fully saturated rings. The summed E-state index contributed by atoms with van der Waals surface area (Å²) >= 11 is 0. The SMILES string of the molecule is Br.C[C@]12CCC(=O)C=C1CCC1C2[C@@H](F)C[C@]2(C)C(=O)C3CC3C12. The number of rotatable bonds is 0. The molecule has 2 nitrogen and oxygen atoms in total. The molecule has 5 rings (SSSR count). The predicted molar refractivity (Wildman–Crippen MR) is 94.7 cm³/mol. The highest BCUT2D eigenvalue weighted by atomic mass is 79.9. The molecule has 0 saturated heterocycles. The van der Waals surface area contributed by atoms with Gasteiger partial charge >= 0.3 is 0 Å². The molecule has 0 spiro atoms. The van der Waals surface area contributed by atoms with E-state index in [4.69, 9.17) is 0 Å². The van der Waals surface area contributed by atoms with Crippen LogP contribution in [0.25, 0.3) is 0 Å². The summed E-state index contributed by atoms with van der Waals surface area (Å²) in [6.45, 7) is 4.24. The second-order valence-electron chi connectivity index (χ2n) is 9.32. The Morgan fingerprint density at radius 1 is 1.08 bits per heavy atom. The van der Waals surface area contributed by atoms with Gasteiger partial charge in [-0.3, -0.25) is 9.59 Å². The molecule has 0 N–H and O–H groups in total. The highest BCUT2D eigenvalue weighted by Crippen LogP contribution is 2.72. The molecule has 0 heterocycles. The lowest BCUT2D eigenvalue weighted by Gasteiger charge is -2.58. The number of hydrogen-bond acceptors (Lipinski definition) is 2. The summed E-state index contributed by atoms with van der Waals surface area (Å²) in [6, 6.07) is 0. The molecule has 4 heteroatoms. The molecule has 5 aliphatic carbocycles. The molecule has 0 aromatic carbocycles. The van der Waals surface area contributed by atoms with Crippen LogP contribution in [0.3, 0.4) is 0 Å². The fraction of sp³-hybridized carbons (Fsp3) is 0.800. The van der Waals surface area contributed by atoms with Crippen LogP contribution < -0.4 is 0 Å². The highest BCUT2D eigenvalue weighted by molar-refractivity contribution is 8.93. The van der Waals surface area contributed by atoms with E-state index in [-0.39, 0.29) is 40.0 Å².